The van der Waals surface area contributed by atoms with Gasteiger partial charge in [0.25, 0.3) is 0 Å². The van der Waals surface area contributed by atoms with Crippen molar-refractivity contribution in [2.24, 2.45) is 0 Å². The first-order valence-electron chi connectivity index (χ1n) is 12.4. The lowest BCUT2D eigenvalue weighted by Crippen LogP contribution is -2.64. The number of aliphatic carboxylic acids is 1. The van der Waals surface area contributed by atoms with E-state index in [0.29, 0.717) is 26.2 Å². The monoisotopic (exact) mass is 512 g/mol. The molecule has 0 aromatic rings. The molecule has 1 aliphatic heterocycles. The van der Waals surface area contributed by atoms with Crippen molar-refractivity contribution < 1.29 is 38.5 Å². The van der Waals surface area contributed by atoms with Crippen molar-refractivity contribution in [3.05, 3.63) is 11.6 Å². The summed E-state index contributed by atoms with van der Waals surface area (Å²) < 4.78 is 16.1. The lowest BCUT2D eigenvalue weighted by atomic mass is 9.84. The van der Waals surface area contributed by atoms with Gasteiger partial charge in [-0.05, 0) is 47.1 Å². The van der Waals surface area contributed by atoms with Crippen LogP contribution in [0.15, 0.2) is 11.6 Å². The Labute approximate surface area is 212 Å². The Morgan fingerprint density at radius 2 is 1.89 bits per heavy atom. The molecular formula is C24H40N4O8. The van der Waals surface area contributed by atoms with E-state index in [1.54, 1.807) is 33.8 Å². The molecule has 0 saturated carbocycles. The summed E-state index contributed by atoms with van der Waals surface area (Å²) in [5, 5.41) is 18.0. The summed E-state index contributed by atoms with van der Waals surface area (Å²) in [7, 11) is 0. The van der Waals surface area contributed by atoms with Gasteiger partial charge in [0.1, 0.15) is 5.60 Å². The topological polar surface area (TPSA) is 156 Å². The second-order valence-corrected chi connectivity index (χ2v) is 9.95. The van der Waals surface area contributed by atoms with E-state index in [4.69, 9.17) is 14.2 Å². The molecule has 2 rings (SSSR count). The van der Waals surface area contributed by atoms with Crippen LogP contribution in [-0.2, 0) is 23.8 Å². The number of carbonyl (C=O) groups is 4. The molecule has 3 amide bonds. The molecule has 2 aliphatic rings. The van der Waals surface area contributed by atoms with Crippen LogP contribution in [0.1, 0.15) is 53.9 Å². The Morgan fingerprint density at radius 3 is 2.50 bits per heavy atom. The molecule has 1 saturated heterocycles. The van der Waals surface area contributed by atoms with E-state index in [-0.39, 0.29) is 30.6 Å². The van der Waals surface area contributed by atoms with Crippen LogP contribution in [0.2, 0.25) is 0 Å². The number of alkyl carbamates (subject to hydrolysis) is 2. The number of carboxylic acids is 1. The predicted molar refractivity (Wildman–Crippen MR) is 130 cm³/mol. The van der Waals surface area contributed by atoms with Gasteiger partial charge < -0.3 is 35.3 Å². The maximum absolute atomic E-state index is 12.5. The quantitative estimate of drug-likeness (QED) is 0.335. The van der Waals surface area contributed by atoms with Gasteiger partial charge in [-0.1, -0.05) is 6.08 Å². The second kappa shape index (κ2) is 13.4. The zero-order valence-electron chi connectivity index (χ0n) is 21.8. The number of carboxylic acid groups (broad SMARTS) is 1. The normalized spacial score (nSPS) is 24.8. The summed E-state index contributed by atoms with van der Waals surface area (Å²) in [5.41, 5.74) is -0.573. The van der Waals surface area contributed by atoms with Crippen LogP contribution in [0.3, 0.4) is 0 Å². The SMILES string of the molecule is CCOC(=O)NCCO[C@H]1CCCN([C@@H]2C=C(C(=O)O)C[C@H](NC(=O)OC(C)(C)C)[C@H]2NC(C)=O)C1. The Balaban J connectivity index is 2.14. The van der Waals surface area contributed by atoms with E-state index in [2.05, 4.69) is 20.9 Å². The van der Waals surface area contributed by atoms with Crippen molar-refractivity contribution in [2.75, 3.05) is 32.8 Å². The van der Waals surface area contributed by atoms with Gasteiger partial charge in [-0.2, -0.15) is 0 Å². The zero-order valence-corrected chi connectivity index (χ0v) is 21.8. The number of nitrogens with one attached hydrogen (secondary N) is 3. The van der Waals surface area contributed by atoms with E-state index in [9.17, 15) is 24.3 Å². The van der Waals surface area contributed by atoms with Gasteiger partial charge in [0.2, 0.25) is 5.91 Å². The molecule has 12 nitrogen and oxygen atoms in total. The molecule has 0 radical (unpaired) electrons. The fourth-order valence-corrected chi connectivity index (χ4v) is 4.43. The summed E-state index contributed by atoms with van der Waals surface area (Å²) in [4.78, 5) is 50.0. The maximum atomic E-state index is 12.5. The minimum atomic E-state index is -1.08. The van der Waals surface area contributed by atoms with Gasteiger partial charge in [0.05, 0.1) is 37.4 Å². The van der Waals surface area contributed by atoms with Gasteiger partial charge in [-0.15, -0.1) is 0 Å². The second-order valence-electron chi connectivity index (χ2n) is 9.95. The van der Waals surface area contributed by atoms with E-state index in [1.165, 1.54) is 6.92 Å². The smallest absolute Gasteiger partial charge is 0.407 e. The Bertz CT molecular complexity index is 825. The number of rotatable bonds is 9. The number of nitrogens with zero attached hydrogens (tertiary/aromatic N) is 1. The summed E-state index contributed by atoms with van der Waals surface area (Å²) in [6, 6.07) is -1.72. The molecule has 0 spiro atoms. The molecule has 12 heteroatoms. The summed E-state index contributed by atoms with van der Waals surface area (Å²) >= 11 is 0. The molecule has 0 aromatic heterocycles. The summed E-state index contributed by atoms with van der Waals surface area (Å²) in [5.74, 6) is -1.37. The van der Waals surface area contributed by atoms with Crippen LogP contribution in [0.5, 0.6) is 0 Å². The van der Waals surface area contributed by atoms with Crippen LogP contribution in [0, 0.1) is 0 Å². The van der Waals surface area contributed by atoms with E-state index in [1.807, 2.05) is 0 Å². The number of hydrogen-bond acceptors (Lipinski definition) is 8. The molecule has 4 N–H and O–H groups in total. The highest BCUT2D eigenvalue weighted by Gasteiger charge is 2.41. The molecule has 1 fully saturated rings. The van der Waals surface area contributed by atoms with Gasteiger partial charge in [-0.3, -0.25) is 9.69 Å². The fourth-order valence-electron chi connectivity index (χ4n) is 4.43. The third-order valence-electron chi connectivity index (χ3n) is 5.79. The molecule has 1 heterocycles. The molecule has 36 heavy (non-hydrogen) atoms. The van der Waals surface area contributed by atoms with Crippen molar-refractivity contribution in [2.45, 2.75) is 83.7 Å². The van der Waals surface area contributed by atoms with Crippen LogP contribution >= 0.6 is 0 Å². The first-order chi connectivity index (χ1) is 16.9. The summed E-state index contributed by atoms with van der Waals surface area (Å²) in [6.07, 6.45) is 2.00. The average molecular weight is 513 g/mol. The van der Waals surface area contributed by atoms with E-state index < -0.39 is 41.9 Å². The van der Waals surface area contributed by atoms with E-state index in [0.717, 1.165) is 12.8 Å². The highest BCUT2D eigenvalue weighted by atomic mass is 16.6. The molecule has 204 valence electrons. The van der Waals surface area contributed by atoms with Crippen molar-refractivity contribution in [3.8, 4) is 0 Å². The van der Waals surface area contributed by atoms with Crippen molar-refractivity contribution in [1.82, 2.24) is 20.9 Å². The van der Waals surface area contributed by atoms with Crippen molar-refractivity contribution in [3.63, 3.8) is 0 Å². The van der Waals surface area contributed by atoms with Gasteiger partial charge in [-0.25, -0.2) is 14.4 Å². The van der Waals surface area contributed by atoms with Gasteiger partial charge in [0.15, 0.2) is 0 Å². The molecule has 0 aromatic carbocycles. The summed E-state index contributed by atoms with van der Waals surface area (Å²) in [6.45, 7) is 10.4. The average Bonchev–Trinajstić information content (AvgIpc) is 2.76. The lowest BCUT2D eigenvalue weighted by molar-refractivity contribution is -0.133. The van der Waals surface area contributed by atoms with Gasteiger partial charge >= 0.3 is 18.2 Å². The third kappa shape index (κ3) is 9.65. The highest BCUT2D eigenvalue weighted by Crippen LogP contribution is 2.27. The standard InChI is InChI=1S/C24H40N4O8/c1-6-34-22(32)25-9-11-35-17-8-7-10-28(14-17)19-13-16(21(30)31)12-18(20(19)26-15(2)29)27-23(33)36-24(3,4)5/h13,17-20H,6-12,14H2,1-5H3,(H,25,32)(H,26,29)(H,27,33)(H,30,31)/t17-,18-,19+,20+/m0/s1. The number of carbonyl (C=O) groups excluding carboxylic acids is 3. The van der Waals surface area contributed by atoms with Crippen LogP contribution in [0.4, 0.5) is 9.59 Å². The molecule has 0 unspecified atom stereocenters. The number of hydrogen-bond donors (Lipinski definition) is 4. The minimum Gasteiger partial charge on any atom is -0.478 e. The predicted octanol–water partition coefficient (Wildman–Crippen LogP) is 1.39. The Kier molecular flexibility index (Phi) is 11.0. The largest absolute Gasteiger partial charge is 0.478 e. The number of piperidine rings is 1. The van der Waals surface area contributed by atoms with Crippen molar-refractivity contribution in [1.29, 1.82) is 0 Å². The number of ether oxygens (including phenoxy) is 3. The third-order valence-corrected chi connectivity index (χ3v) is 5.79. The number of amides is 3. The Morgan fingerprint density at radius 1 is 1.17 bits per heavy atom. The molecule has 4 atom stereocenters. The minimum absolute atomic E-state index is 0.0450. The fraction of sp³-hybridized carbons (Fsp3) is 0.750. The van der Waals surface area contributed by atoms with Gasteiger partial charge in [0, 0.05) is 32.0 Å². The highest BCUT2D eigenvalue weighted by molar-refractivity contribution is 5.87. The molecule has 0 bridgehead atoms. The van der Waals surface area contributed by atoms with Crippen LogP contribution in [0.25, 0.3) is 0 Å². The van der Waals surface area contributed by atoms with Crippen LogP contribution < -0.4 is 16.0 Å². The van der Waals surface area contributed by atoms with E-state index >= 15 is 0 Å². The maximum Gasteiger partial charge on any atom is 0.407 e. The lowest BCUT2D eigenvalue weighted by Gasteiger charge is -2.45. The zero-order chi connectivity index (χ0) is 26.9. The van der Waals surface area contributed by atoms with Crippen molar-refractivity contribution >= 4 is 24.1 Å². The first kappa shape index (κ1) is 29.4. The Hall–Kier alpha value is -2.86. The molecule has 1 aliphatic carbocycles. The number of likely N-dealkylation sites (tertiary alicyclic amines) is 1. The van der Waals surface area contributed by atoms with Crippen LogP contribution in [-0.4, -0.2) is 96.7 Å². The first-order valence-corrected chi connectivity index (χ1v) is 12.4. The molecular weight excluding hydrogens is 472 g/mol.